The standard InChI is InChI=1S/C20H34O2/c1-11(2)13-6-7-19(4)14(21)10-18(3)8-12-9-20(12,5)17(22)16(18)15(13)19/h11-17,21-22H,6-10H2,1-5H3/t12-,13-,14+,15+,16-,17-,18+,19+,20+/m0/s1. The minimum atomic E-state index is -0.183. The lowest BCUT2D eigenvalue weighted by molar-refractivity contribution is -0.191. The molecule has 4 saturated carbocycles. The Morgan fingerprint density at radius 2 is 1.59 bits per heavy atom. The highest BCUT2D eigenvalue weighted by atomic mass is 16.3. The maximum atomic E-state index is 11.3. The highest BCUT2D eigenvalue weighted by Crippen LogP contribution is 2.74. The molecule has 0 aromatic carbocycles. The minimum absolute atomic E-state index is 0.0260. The Kier molecular flexibility index (Phi) is 3.02. The Labute approximate surface area is 135 Å². The fourth-order valence-electron chi connectivity index (χ4n) is 7.28. The molecule has 4 aliphatic carbocycles. The summed E-state index contributed by atoms with van der Waals surface area (Å²) in [6.45, 7) is 11.7. The lowest BCUT2D eigenvalue weighted by atomic mass is 9.46. The summed E-state index contributed by atoms with van der Waals surface area (Å²) < 4.78 is 0. The van der Waals surface area contributed by atoms with Crippen LogP contribution in [0.2, 0.25) is 0 Å². The van der Waals surface area contributed by atoms with Crippen LogP contribution in [0.4, 0.5) is 0 Å². The Hall–Kier alpha value is -0.0800. The van der Waals surface area contributed by atoms with E-state index in [-0.39, 0.29) is 28.5 Å². The van der Waals surface area contributed by atoms with Gasteiger partial charge in [0.25, 0.3) is 0 Å². The van der Waals surface area contributed by atoms with Gasteiger partial charge in [-0.05, 0) is 77.9 Å². The molecule has 0 spiro atoms. The quantitative estimate of drug-likeness (QED) is 0.772. The van der Waals surface area contributed by atoms with Crippen molar-refractivity contribution in [1.29, 1.82) is 0 Å². The molecular formula is C20H34O2. The third kappa shape index (κ3) is 1.69. The van der Waals surface area contributed by atoms with Crippen LogP contribution in [0.1, 0.15) is 66.7 Å². The molecule has 2 nitrogen and oxygen atoms in total. The number of rotatable bonds is 1. The van der Waals surface area contributed by atoms with Crippen molar-refractivity contribution in [2.45, 2.75) is 78.9 Å². The highest BCUT2D eigenvalue weighted by Gasteiger charge is 2.71. The molecule has 22 heavy (non-hydrogen) atoms. The number of aliphatic hydroxyl groups excluding tert-OH is 2. The highest BCUT2D eigenvalue weighted by molar-refractivity contribution is 5.20. The molecule has 0 heterocycles. The van der Waals surface area contributed by atoms with Gasteiger partial charge in [-0.2, -0.15) is 0 Å². The average molecular weight is 306 g/mol. The molecule has 4 rings (SSSR count). The van der Waals surface area contributed by atoms with Crippen molar-refractivity contribution < 1.29 is 10.2 Å². The van der Waals surface area contributed by atoms with Crippen LogP contribution >= 0.6 is 0 Å². The SMILES string of the molecule is CC(C)[C@@H]1CC[C@@]2(C)[C@H]1[C@H]1[C@H](O)[C@]3(C)C[C@@H]3C[C@]1(C)C[C@H]2O. The normalized spacial score (nSPS) is 63.3. The first-order chi connectivity index (χ1) is 10.1. The van der Waals surface area contributed by atoms with Crippen molar-refractivity contribution in [2.24, 2.45) is 45.8 Å². The van der Waals surface area contributed by atoms with E-state index in [1.54, 1.807) is 0 Å². The summed E-state index contributed by atoms with van der Waals surface area (Å²) in [7, 11) is 0. The predicted octanol–water partition coefficient (Wildman–Crippen LogP) is 3.85. The molecule has 0 bridgehead atoms. The van der Waals surface area contributed by atoms with Gasteiger partial charge in [-0.25, -0.2) is 0 Å². The van der Waals surface area contributed by atoms with Crippen LogP contribution < -0.4 is 0 Å². The van der Waals surface area contributed by atoms with E-state index in [0.29, 0.717) is 29.6 Å². The first-order valence-electron chi connectivity index (χ1n) is 9.50. The molecule has 0 saturated heterocycles. The minimum Gasteiger partial charge on any atom is -0.393 e. The second-order valence-corrected chi connectivity index (χ2v) is 10.4. The molecule has 0 aromatic rings. The summed E-state index contributed by atoms with van der Waals surface area (Å²) in [5, 5.41) is 22.3. The molecule has 0 aromatic heterocycles. The molecular weight excluding hydrogens is 272 g/mol. The maximum Gasteiger partial charge on any atom is 0.0632 e. The zero-order valence-electron chi connectivity index (χ0n) is 15.0. The van der Waals surface area contributed by atoms with Crippen LogP contribution in [0.15, 0.2) is 0 Å². The van der Waals surface area contributed by atoms with E-state index in [1.165, 1.54) is 19.3 Å². The largest absolute Gasteiger partial charge is 0.393 e. The zero-order valence-corrected chi connectivity index (χ0v) is 15.0. The van der Waals surface area contributed by atoms with Gasteiger partial charge in [0.1, 0.15) is 0 Å². The fraction of sp³-hybridized carbons (Fsp3) is 1.00. The van der Waals surface area contributed by atoms with Crippen LogP contribution in [0.25, 0.3) is 0 Å². The van der Waals surface area contributed by atoms with E-state index in [2.05, 4.69) is 34.6 Å². The first-order valence-corrected chi connectivity index (χ1v) is 9.50. The first kappa shape index (κ1) is 15.4. The summed E-state index contributed by atoms with van der Waals surface area (Å²) in [6.07, 6.45) is 5.35. The smallest absolute Gasteiger partial charge is 0.0632 e. The molecule has 0 aliphatic heterocycles. The van der Waals surface area contributed by atoms with Crippen molar-refractivity contribution in [3.63, 3.8) is 0 Å². The van der Waals surface area contributed by atoms with E-state index in [9.17, 15) is 10.2 Å². The summed E-state index contributed by atoms with van der Waals surface area (Å²) in [6, 6.07) is 0. The van der Waals surface area contributed by atoms with Gasteiger partial charge in [0.2, 0.25) is 0 Å². The van der Waals surface area contributed by atoms with Crippen LogP contribution in [0.5, 0.6) is 0 Å². The number of aliphatic hydroxyl groups is 2. The number of fused-ring (bicyclic) bond motifs is 4. The van der Waals surface area contributed by atoms with Gasteiger partial charge in [-0.15, -0.1) is 0 Å². The van der Waals surface area contributed by atoms with Gasteiger partial charge >= 0.3 is 0 Å². The lowest BCUT2D eigenvalue weighted by Gasteiger charge is -2.60. The van der Waals surface area contributed by atoms with E-state index in [1.807, 2.05) is 0 Å². The fourth-order valence-corrected chi connectivity index (χ4v) is 7.28. The summed E-state index contributed by atoms with van der Waals surface area (Å²) in [5.74, 6) is 2.89. The summed E-state index contributed by atoms with van der Waals surface area (Å²) in [4.78, 5) is 0. The predicted molar refractivity (Wildman–Crippen MR) is 88.2 cm³/mol. The number of hydrogen-bond acceptors (Lipinski definition) is 2. The zero-order chi connectivity index (χ0) is 16.1. The maximum absolute atomic E-state index is 11.3. The molecule has 4 aliphatic rings. The molecule has 4 fully saturated rings. The van der Waals surface area contributed by atoms with Crippen LogP contribution in [0, 0.1) is 45.8 Å². The second-order valence-electron chi connectivity index (χ2n) is 10.4. The Morgan fingerprint density at radius 3 is 2.23 bits per heavy atom. The molecule has 0 unspecified atom stereocenters. The van der Waals surface area contributed by atoms with E-state index >= 15 is 0 Å². The van der Waals surface area contributed by atoms with Crippen molar-refractivity contribution in [1.82, 2.24) is 0 Å². The topological polar surface area (TPSA) is 40.5 Å². The van der Waals surface area contributed by atoms with Crippen molar-refractivity contribution >= 4 is 0 Å². The lowest BCUT2D eigenvalue weighted by Crippen LogP contribution is -2.60. The van der Waals surface area contributed by atoms with Crippen LogP contribution in [-0.4, -0.2) is 22.4 Å². The molecule has 9 atom stereocenters. The number of hydrogen-bond donors (Lipinski definition) is 2. The Bertz CT molecular complexity index is 488. The molecule has 2 heteroatoms. The van der Waals surface area contributed by atoms with Crippen molar-refractivity contribution in [3.8, 4) is 0 Å². The van der Waals surface area contributed by atoms with Crippen molar-refractivity contribution in [3.05, 3.63) is 0 Å². The van der Waals surface area contributed by atoms with Gasteiger partial charge in [-0.1, -0.05) is 34.6 Å². The molecule has 0 amide bonds. The summed E-state index contributed by atoms with van der Waals surface area (Å²) in [5.41, 5.74) is 0.344. The third-order valence-electron chi connectivity index (χ3n) is 8.90. The van der Waals surface area contributed by atoms with Crippen LogP contribution in [0.3, 0.4) is 0 Å². The van der Waals surface area contributed by atoms with Crippen LogP contribution in [-0.2, 0) is 0 Å². The van der Waals surface area contributed by atoms with E-state index in [0.717, 1.165) is 12.8 Å². The van der Waals surface area contributed by atoms with Gasteiger partial charge in [0, 0.05) is 0 Å². The second kappa shape index (κ2) is 4.30. The van der Waals surface area contributed by atoms with E-state index in [4.69, 9.17) is 0 Å². The Balaban J connectivity index is 1.79. The molecule has 2 N–H and O–H groups in total. The van der Waals surface area contributed by atoms with Gasteiger partial charge in [-0.3, -0.25) is 0 Å². The average Bonchev–Trinajstić information content (AvgIpc) is 2.91. The van der Waals surface area contributed by atoms with Crippen molar-refractivity contribution in [2.75, 3.05) is 0 Å². The van der Waals surface area contributed by atoms with Gasteiger partial charge < -0.3 is 10.2 Å². The Morgan fingerprint density at radius 1 is 0.909 bits per heavy atom. The third-order valence-corrected chi connectivity index (χ3v) is 8.90. The monoisotopic (exact) mass is 306 g/mol. The molecule has 0 radical (unpaired) electrons. The van der Waals surface area contributed by atoms with E-state index < -0.39 is 0 Å². The van der Waals surface area contributed by atoms with Gasteiger partial charge in [0.05, 0.1) is 12.2 Å². The molecule has 126 valence electrons. The summed E-state index contributed by atoms with van der Waals surface area (Å²) >= 11 is 0. The van der Waals surface area contributed by atoms with Gasteiger partial charge in [0.15, 0.2) is 0 Å².